The zero-order valence-electron chi connectivity index (χ0n) is 10.3. The molecule has 0 spiro atoms. The number of rotatable bonds is 5. The molecule has 1 aromatic carbocycles. The molecule has 0 aliphatic carbocycles. The van der Waals surface area contributed by atoms with Crippen LogP contribution in [0.4, 0.5) is 4.79 Å². The first-order chi connectivity index (χ1) is 8.93. The molecule has 0 fully saturated rings. The number of carboxylic acids is 1. The van der Waals surface area contributed by atoms with Crippen LogP contribution in [0.25, 0.3) is 0 Å². The summed E-state index contributed by atoms with van der Waals surface area (Å²) in [7, 11) is 1.52. The highest BCUT2D eigenvalue weighted by atomic mass is 35.5. The molecule has 1 aromatic rings. The summed E-state index contributed by atoms with van der Waals surface area (Å²) < 4.78 is 0. The van der Waals surface area contributed by atoms with E-state index < -0.39 is 24.6 Å². The first-order valence-corrected chi connectivity index (χ1v) is 5.91. The molecule has 19 heavy (non-hydrogen) atoms. The van der Waals surface area contributed by atoms with Gasteiger partial charge in [-0.2, -0.15) is 0 Å². The molecule has 7 heteroatoms. The van der Waals surface area contributed by atoms with Crippen molar-refractivity contribution < 1.29 is 19.8 Å². The summed E-state index contributed by atoms with van der Waals surface area (Å²) in [6.07, 6.45) is 0. The third-order valence-electron chi connectivity index (χ3n) is 2.43. The maximum absolute atomic E-state index is 11.7. The predicted octanol–water partition coefficient (Wildman–Crippen LogP) is 0.927. The summed E-state index contributed by atoms with van der Waals surface area (Å²) in [5.74, 6) is -1.29. The lowest BCUT2D eigenvalue weighted by Gasteiger charge is -2.20. The number of carbonyl (C=O) groups is 2. The van der Waals surface area contributed by atoms with Crippen LogP contribution >= 0.6 is 11.6 Å². The molecule has 0 heterocycles. The second kappa shape index (κ2) is 6.96. The van der Waals surface area contributed by atoms with E-state index in [1.165, 1.54) is 11.9 Å². The number of aliphatic hydroxyl groups excluding tert-OH is 1. The Kier molecular flexibility index (Phi) is 5.59. The van der Waals surface area contributed by atoms with Crippen LogP contribution < -0.4 is 5.32 Å². The maximum atomic E-state index is 11.7. The van der Waals surface area contributed by atoms with Gasteiger partial charge >= 0.3 is 12.0 Å². The fourth-order valence-electron chi connectivity index (χ4n) is 1.43. The molecule has 6 nitrogen and oxygen atoms in total. The highest BCUT2D eigenvalue weighted by Crippen LogP contribution is 2.12. The number of carbonyl (C=O) groups excluding carboxylic acids is 1. The van der Waals surface area contributed by atoms with Crippen LogP contribution in [-0.4, -0.2) is 46.8 Å². The van der Waals surface area contributed by atoms with Gasteiger partial charge in [-0.15, -0.1) is 0 Å². The lowest BCUT2D eigenvalue weighted by molar-refractivity contribution is -0.140. The SMILES string of the molecule is CN(Cc1cccc(Cl)c1)C(=O)N[C@@H](CO)C(=O)O. The first-order valence-electron chi connectivity index (χ1n) is 5.53. The van der Waals surface area contributed by atoms with Gasteiger partial charge in [0.2, 0.25) is 0 Å². The van der Waals surface area contributed by atoms with Crippen molar-refractivity contribution in [2.24, 2.45) is 0 Å². The van der Waals surface area contributed by atoms with Gasteiger partial charge in [-0.05, 0) is 17.7 Å². The van der Waals surface area contributed by atoms with Crippen molar-refractivity contribution in [3.8, 4) is 0 Å². The molecule has 0 aliphatic heterocycles. The Morgan fingerprint density at radius 2 is 2.16 bits per heavy atom. The number of aliphatic hydroxyl groups is 1. The number of nitrogens with one attached hydrogen (secondary N) is 1. The second-order valence-corrected chi connectivity index (χ2v) is 4.45. The molecule has 0 aromatic heterocycles. The standard InChI is InChI=1S/C12H15ClN2O4/c1-15(6-8-3-2-4-9(13)5-8)12(19)14-10(7-16)11(17)18/h2-5,10,16H,6-7H2,1H3,(H,14,19)(H,17,18)/t10-/m0/s1. The first kappa shape index (κ1) is 15.3. The molecule has 1 atom stereocenters. The Morgan fingerprint density at radius 1 is 1.47 bits per heavy atom. The topological polar surface area (TPSA) is 89.9 Å². The quantitative estimate of drug-likeness (QED) is 0.751. The molecule has 0 saturated heterocycles. The van der Waals surface area contributed by atoms with Gasteiger partial charge in [0, 0.05) is 18.6 Å². The molecular formula is C12H15ClN2O4. The molecule has 2 amide bonds. The number of amides is 2. The van der Waals surface area contributed by atoms with Gasteiger partial charge in [-0.1, -0.05) is 23.7 Å². The minimum Gasteiger partial charge on any atom is -0.480 e. The highest BCUT2D eigenvalue weighted by Gasteiger charge is 2.20. The van der Waals surface area contributed by atoms with Crippen LogP contribution in [0.1, 0.15) is 5.56 Å². The minimum atomic E-state index is -1.31. The summed E-state index contributed by atoms with van der Waals surface area (Å²) in [4.78, 5) is 23.7. The van der Waals surface area contributed by atoms with E-state index in [1.807, 2.05) is 0 Å². The van der Waals surface area contributed by atoms with Crippen molar-refractivity contribution in [3.05, 3.63) is 34.9 Å². The number of aliphatic carboxylic acids is 1. The number of nitrogens with zero attached hydrogens (tertiary/aromatic N) is 1. The van der Waals surface area contributed by atoms with Gasteiger partial charge in [0.15, 0.2) is 6.04 Å². The van der Waals surface area contributed by atoms with Crippen molar-refractivity contribution >= 4 is 23.6 Å². The molecule has 0 bridgehead atoms. The molecule has 104 valence electrons. The highest BCUT2D eigenvalue weighted by molar-refractivity contribution is 6.30. The van der Waals surface area contributed by atoms with Crippen molar-refractivity contribution in [1.29, 1.82) is 0 Å². The van der Waals surface area contributed by atoms with Crippen LogP contribution in [0.15, 0.2) is 24.3 Å². The summed E-state index contributed by atoms with van der Waals surface area (Å²) in [6.45, 7) is -0.379. The lowest BCUT2D eigenvalue weighted by Crippen LogP contribution is -2.48. The summed E-state index contributed by atoms with van der Waals surface area (Å²) in [6, 6.07) is 5.10. The lowest BCUT2D eigenvalue weighted by atomic mass is 10.2. The summed E-state index contributed by atoms with van der Waals surface area (Å²) in [5.41, 5.74) is 0.820. The molecule has 0 radical (unpaired) electrons. The molecule has 0 unspecified atom stereocenters. The van der Waals surface area contributed by atoms with Crippen molar-refractivity contribution in [2.45, 2.75) is 12.6 Å². The molecule has 0 saturated carbocycles. The average molecular weight is 287 g/mol. The molecule has 1 rings (SSSR count). The van der Waals surface area contributed by atoms with E-state index in [2.05, 4.69) is 5.32 Å². The van der Waals surface area contributed by atoms with Gasteiger partial charge in [-0.3, -0.25) is 0 Å². The molecule has 0 aliphatic rings. The van der Waals surface area contributed by atoms with E-state index >= 15 is 0 Å². The zero-order chi connectivity index (χ0) is 14.4. The van der Waals surface area contributed by atoms with Crippen molar-refractivity contribution in [2.75, 3.05) is 13.7 Å². The van der Waals surface area contributed by atoms with Crippen molar-refractivity contribution in [1.82, 2.24) is 10.2 Å². The number of urea groups is 1. The number of hydrogen-bond donors (Lipinski definition) is 3. The van der Waals surface area contributed by atoms with E-state index in [1.54, 1.807) is 24.3 Å². The van der Waals surface area contributed by atoms with E-state index in [9.17, 15) is 9.59 Å². The Bertz CT molecular complexity index is 467. The minimum absolute atomic E-state index is 0.282. The Morgan fingerprint density at radius 3 is 2.68 bits per heavy atom. The number of carboxylic acid groups (broad SMARTS) is 1. The number of benzene rings is 1. The van der Waals surface area contributed by atoms with E-state index in [0.29, 0.717) is 5.02 Å². The normalized spacial score (nSPS) is 11.7. The van der Waals surface area contributed by atoms with Crippen LogP contribution in [0.5, 0.6) is 0 Å². The zero-order valence-corrected chi connectivity index (χ0v) is 11.1. The van der Waals surface area contributed by atoms with E-state index in [0.717, 1.165) is 5.56 Å². The summed E-state index contributed by atoms with van der Waals surface area (Å²) >= 11 is 5.83. The Labute approximate surface area is 115 Å². The largest absolute Gasteiger partial charge is 0.480 e. The van der Waals surface area contributed by atoms with Gasteiger partial charge < -0.3 is 20.4 Å². The smallest absolute Gasteiger partial charge is 0.328 e. The predicted molar refractivity (Wildman–Crippen MR) is 70.0 cm³/mol. The number of halogens is 1. The third kappa shape index (κ3) is 4.76. The van der Waals surface area contributed by atoms with Crippen LogP contribution in [0.2, 0.25) is 5.02 Å². The van der Waals surface area contributed by atoms with Crippen LogP contribution in [0, 0.1) is 0 Å². The summed E-state index contributed by atoms with van der Waals surface area (Å²) in [5, 5.41) is 20.3. The van der Waals surface area contributed by atoms with Gasteiger partial charge in [0.05, 0.1) is 6.61 Å². The monoisotopic (exact) mass is 286 g/mol. The number of hydrogen-bond acceptors (Lipinski definition) is 3. The van der Waals surface area contributed by atoms with E-state index in [4.69, 9.17) is 21.8 Å². The average Bonchev–Trinajstić information content (AvgIpc) is 2.35. The fraction of sp³-hybridized carbons (Fsp3) is 0.333. The van der Waals surface area contributed by atoms with Crippen LogP contribution in [0.3, 0.4) is 0 Å². The van der Waals surface area contributed by atoms with E-state index in [-0.39, 0.29) is 6.54 Å². The van der Waals surface area contributed by atoms with Gasteiger partial charge in [0.1, 0.15) is 0 Å². The Hall–Kier alpha value is -1.79. The Balaban J connectivity index is 2.60. The third-order valence-corrected chi connectivity index (χ3v) is 2.67. The van der Waals surface area contributed by atoms with Crippen molar-refractivity contribution in [3.63, 3.8) is 0 Å². The van der Waals surface area contributed by atoms with Crippen LogP contribution in [-0.2, 0) is 11.3 Å². The van der Waals surface area contributed by atoms with Gasteiger partial charge in [-0.25, -0.2) is 9.59 Å². The second-order valence-electron chi connectivity index (χ2n) is 4.01. The van der Waals surface area contributed by atoms with Gasteiger partial charge in [0.25, 0.3) is 0 Å². The molecular weight excluding hydrogens is 272 g/mol. The maximum Gasteiger partial charge on any atom is 0.328 e. The molecule has 3 N–H and O–H groups in total. The fourth-order valence-corrected chi connectivity index (χ4v) is 1.64.